The molecule has 2 N–H and O–H groups in total. The summed E-state index contributed by atoms with van der Waals surface area (Å²) in [5.41, 5.74) is 7.50. The standard InChI is InChI=1S/C14H15ClN2OS/c1-9(18)14-12(16)7-13(19-14)17(2)8-10-4-3-5-11(15)6-10/h3-7H,8,16H2,1-2H3. The van der Waals surface area contributed by atoms with Crippen molar-refractivity contribution >= 4 is 39.4 Å². The molecule has 0 spiro atoms. The molecule has 2 aromatic rings. The zero-order valence-corrected chi connectivity index (χ0v) is 12.4. The number of ketones is 1. The number of Topliss-reactive ketones (excluding diaryl/α,β-unsaturated/α-hetero) is 1. The highest BCUT2D eigenvalue weighted by Gasteiger charge is 2.13. The van der Waals surface area contributed by atoms with E-state index < -0.39 is 0 Å². The van der Waals surface area contributed by atoms with E-state index in [-0.39, 0.29) is 5.78 Å². The third-order valence-electron chi connectivity index (χ3n) is 2.75. The second kappa shape index (κ2) is 5.63. The second-order valence-corrected chi connectivity index (χ2v) is 5.88. The summed E-state index contributed by atoms with van der Waals surface area (Å²) in [6, 6.07) is 9.56. The Labute approximate surface area is 121 Å². The van der Waals surface area contributed by atoms with Crippen molar-refractivity contribution in [2.24, 2.45) is 0 Å². The van der Waals surface area contributed by atoms with Crippen molar-refractivity contribution in [2.45, 2.75) is 13.5 Å². The van der Waals surface area contributed by atoms with E-state index in [2.05, 4.69) is 4.90 Å². The van der Waals surface area contributed by atoms with Gasteiger partial charge >= 0.3 is 0 Å². The first-order valence-electron chi connectivity index (χ1n) is 5.83. The van der Waals surface area contributed by atoms with Crippen molar-refractivity contribution in [3.63, 3.8) is 0 Å². The van der Waals surface area contributed by atoms with Gasteiger partial charge in [-0.25, -0.2) is 0 Å². The average molecular weight is 295 g/mol. The highest BCUT2D eigenvalue weighted by Crippen LogP contribution is 2.32. The highest BCUT2D eigenvalue weighted by molar-refractivity contribution is 7.18. The van der Waals surface area contributed by atoms with E-state index in [1.165, 1.54) is 18.3 Å². The fraction of sp³-hybridized carbons (Fsp3) is 0.214. The lowest BCUT2D eigenvalue weighted by molar-refractivity contribution is 0.102. The van der Waals surface area contributed by atoms with Gasteiger partial charge in [0, 0.05) is 25.5 Å². The molecule has 0 aliphatic rings. The van der Waals surface area contributed by atoms with Gasteiger partial charge < -0.3 is 10.6 Å². The molecule has 1 aromatic heterocycles. The van der Waals surface area contributed by atoms with Crippen LogP contribution in [0.25, 0.3) is 0 Å². The number of hydrogen-bond acceptors (Lipinski definition) is 4. The van der Waals surface area contributed by atoms with Crippen LogP contribution in [0.1, 0.15) is 22.2 Å². The number of nitrogen functional groups attached to an aromatic ring is 1. The second-order valence-electron chi connectivity index (χ2n) is 4.41. The average Bonchev–Trinajstić information content (AvgIpc) is 2.71. The third-order valence-corrected chi connectivity index (χ3v) is 4.35. The fourth-order valence-electron chi connectivity index (χ4n) is 1.84. The number of carbonyl (C=O) groups excluding carboxylic acids is 1. The fourth-order valence-corrected chi connectivity index (χ4v) is 2.99. The van der Waals surface area contributed by atoms with Crippen molar-refractivity contribution in [2.75, 3.05) is 17.7 Å². The van der Waals surface area contributed by atoms with Crippen LogP contribution in [-0.2, 0) is 6.54 Å². The Balaban J connectivity index is 2.18. The Bertz CT molecular complexity index is 609. The van der Waals surface area contributed by atoms with Crippen LogP contribution < -0.4 is 10.6 Å². The Morgan fingerprint density at radius 1 is 1.42 bits per heavy atom. The minimum absolute atomic E-state index is 0.00454. The lowest BCUT2D eigenvalue weighted by Gasteiger charge is -2.17. The molecule has 0 aliphatic heterocycles. The smallest absolute Gasteiger partial charge is 0.171 e. The first-order valence-corrected chi connectivity index (χ1v) is 7.02. The van der Waals surface area contributed by atoms with Crippen LogP contribution >= 0.6 is 22.9 Å². The van der Waals surface area contributed by atoms with Crippen molar-refractivity contribution < 1.29 is 4.79 Å². The quantitative estimate of drug-likeness (QED) is 0.872. The topological polar surface area (TPSA) is 46.3 Å². The molecule has 0 saturated heterocycles. The zero-order valence-electron chi connectivity index (χ0n) is 10.8. The summed E-state index contributed by atoms with van der Waals surface area (Å²) >= 11 is 7.38. The first-order chi connectivity index (χ1) is 8.97. The van der Waals surface area contributed by atoms with Crippen LogP contribution in [0, 0.1) is 0 Å². The molecule has 0 fully saturated rings. The van der Waals surface area contributed by atoms with E-state index in [9.17, 15) is 4.79 Å². The van der Waals surface area contributed by atoms with Gasteiger partial charge in [0.2, 0.25) is 0 Å². The number of benzene rings is 1. The third kappa shape index (κ3) is 3.28. The van der Waals surface area contributed by atoms with Gasteiger partial charge in [0.25, 0.3) is 0 Å². The number of rotatable bonds is 4. The molecule has 0 bridgehead atoms. The monoisotopic (exact) mass is 294 g/mol. The molecule has 0 saturated carbocycles. The van der Waals surface area contributed by atoms with Gasteiger partial charge in [-0.05, 0) is 23.8 Å². The van der Waals surface area contributed by atoms with Crippen LogP contribution in [0.3, 0.4) is 0 Å². The minimum Gasteiger partial charge on any atom is -0.397 e. The molecule has 0 atom stereocenters. The van der Waals surface area contributed by atoms with Gasteiger partial charge in [-0.1, -0.05) is 23.7 Å². The van der Waals surface area contributed by atoms with Crippen molar-refractivity contribution in [1.29, 1.82) is 0 Å². The Hall–Kier alpha value is -1.52. The zero-order chi connectivity index (χ0) is 14.0. The predicted octanol–water partition coefficient (Wildman–Crippen LogP) is 3.82. The van der Waals surface area contributed by atoms with Gasteiger partial charge in [0.1, 0.15) is 0 Å². The Morgan fingerprint density at radius 2 is 2.16 bits per heavy atom. The summed E-state index contributed by atoms with van der Waals surface area (Å²) in [6.45, 7) is 2.25. The maximum absolute atomic E-state index is 11.4. The van der Waals surface area contributed by atoms with Crippen LogP contribution in [0.4, 0.5) is 10.7 Å². The van der Waals surface area contributed by atoms with E-state index in [1.807, 2.05) is 37.4 Å². The molecule has 5 heteroatoms. The molecule has 19 heavy (non-hydrogen) atoms. The molecule has 0 amide bonds. The summed E-state index contributed by atoms with van der Waals surface area (Å²) in [5.74, 6) is 0.00454. The molecule has 3 nitrogen and oxygen atoms in total. The number of nitrogens with two attached hydrogens (primary N) is 1. The normalized spacial score (nSPS) is 10.5. The number of nitrogens with zero attached hydrogens (tertiary/aromatic N) is 1. The molecule has 2 rings (SSSR count). The largest absolute Gasteiger partial charge is 0.397 e. The van der Waals surface area contributed by atoms with Gasteiger partial charge in [-0.15, -0.1) is 11.3 Å². The number of hydrogen-bond donors (Lipinski definition) is 1. The highest BCUT2D eigenvalue weighted by atomic mass is 35.5. The Kier molecular flexibility index (Phi) is 4.12. The summed E-state index contributed by atoms with van der Waals surface area (Å²) in [7, 11) is 1.97. The van der Waals surface area contributed by atoms with Gasteiger partial charge in [-0.3, -0.25) is 4.79 Å². The van der Waals surface area contributed by atoms with Crippen LogP contribution in [0.2, 0.25) is 5.02 Å². The molecular weight excluding hydrogens is 280 g/mol. The van der Waals surface area contributed by atoms with Crippen LogP contribution in [0.15, 0.2) is 30.3 Å². The number of carbonyl (C=O) groups is 1. The van der Waals surface area contributed by atoms with Gasteiger partial charge in [0.05, 0.1) is 15.6 Å². The maximum atomic E-state index is 11.4. The molecule has 1 heterocycles. The maximum Gasteiger partial charge on any atom is 0.171 e. The molecule has 100 valence electrons. The number of anilines is 2. The van der Waals surface area contributed by atoms with Crippen LogP contribution in [-0.4, -0.2) is 12.8 Å². The van der Waals surface area contributed by atoms with Gasteiger partial charge in [-0.2, -0.15) is 0 Å². The molecule has 0 aliphatic carbocycles. The number of halogens is 1. The summed E-state index contributed by atoms with van der Waals surface area (Å²) in [4.78, 5) is 14.1. The summed E-state index contributed by atoms with van der Waals surface area (Å²) < 4.78 is 0. The molecule has 0 radical (unpaired) electrons. The molecule has 0 unspecified atom stereocenters. The van der Waals surface area contributed by atoms with Gasteiger partial charge in [0.15, 0.2) is 5.78 Å². The minimum atomic E-state index is 0.00454. The molecule has 1 aromatic carbocycles. The van der Waals surface area contributed by atoms with Crippen molar-refractivity contribution in [3.05, 3.63) is 45.8 Å². The van der Waals surface area contributed by atoms with Crippen molar-refractivity contribution in [3.8, 4) is 0 Å². The lowest BCUT2D eigenvalue weighted by Crippen LogP contribution is -2.14. The van der Waals surface area contributed by atoms with E-state index >= 15 is 0 Å². The lowest BCUT2D eigenvalue weighted by atomic mass is 10.2. The summed E-state index contributed by atoms with van der Waals surface area (Å²) in [6.07, 6.45) is 0. The first kappa shape index (κ1) is 13.9. The molecular formula is C14H15ClN2OS. The predicted molar refractivity (Wildman–Crippen MR) is 82.3 cm³/mol. The van der Waals surface area contributed by atoms with E-state index in [1.54, 1.807) is 0 Å². The van der Waals surface area contributed by atoms with Crippen LogP contribution in [0.5, 0.6) is 0 Å². The SMILES string of the molecule is CC(=O)c1sc(N(C)Cc2cccc(Cl)c2)cc1N. The van der Waals surface area contributed by atoms with E-state index in [0.29, 0.717) is 10.6 Å². The van der Waals surface area contributed by atoms with E-state index in [4.69, 9.17) is 17.3 Å². The number of thiophene rings is 1. The van der Waals surface area contributed by atoms with E-state index in [0.717, 1.165) is 22.1 Å². The Morgan fingerprint density at radius 3 is 2.74 bits per heavy atom. The summed E-state index contributed by atoms with van der Waals surface area (Å²) in [5, 5.41) is 1.70. The van der Waals surface area contributed by atoms with Crippen molar-refractivity contribution in [1.82, 2.24) is 0 Å².